The maximum Gasteiger partial charge on any atom is -0.00987 e. The Labute approximate surface area is 256 Å². The molecule has 0 aliphatic rings. The first-order valence-corrected chi connectivity index (χ1v) is 15.3. The molecule has 9 aromatic carbocycles. The zero-order valence-corrected chi connectivity index (χ0v) is 24.2. The van der Waals surface area contributed by atoms with E-state index in [1.54, 1.807) is 0 Å². The first-order chi connectivity index (χ1) is 21.8. The number of rotatable bonds is 3. The van der Waals surface area contributed by atoms with Gasteiger partial charge in [-0.15, -0.1) is 0 Å². The summed E-state index contributed by atoms with van der Waals surface area (Å²) in [6, 6.07) is 62.4. The fraction of sp³-hybridized carbons (Fsp3) is 0. The summed E-state index contributed by atoms with van der Waals surface area (Å²) in [5, 5.41) is 12.9. The largest absolute Gasteiger partial charge is 0.0622 e. The lowest BCUT2D eigenvalue weighted by Gasteiger charge is -2.12. The molecule has 0 saturated carbocycles. The molecule has 0 amide bonds. The van der Waals surface area contributed by atoms with Crippen LogP contribution in [0, 0.1) is 0 Å². The highest BCUT2D eigenvalue weighted by atomic mass is 14.1. The van der Waals surface area contributed by atoms with Crippen LogP contribution in [0.2, 0.25) is 0 Å². The average molecular weight is 557 g/mol. The molecule has 0 heterocycles. The molecule has 9 aromatic rings. The zero-order valence-electron chi connectivity index (χ0n) is 24.2. The molecular formula is C44H28. The molecule has 0 aliphatic carbocycles. The van der Waals surface area contributed by atoms with Crippen molar-refractivity contribution in [1.82, 2.24) is 0 Å². The Hall–Kier alpha value is -5.72. The lowest BCUT2D eigenvalue weighted by Crippen LogP contribution is -1.85. The van der Waals surface area contributed by atoms with E-state index in [2.05, 4.69) is 170 Å². The molecule has 0 bridgehead atoms. The maximum absolute atomic E-state index is 2.36. The standard InChI is InChI=1S/C44H28/c1-2-6-29(7-3-1)36-19-17-34-22-25-41-40(43(34)27-36)24-23-35-18-21-38(28-44(35)41)31-12-10-30(11-13-31)37-20-16-33-15-14-32-8-4-5-9-39(32)42(33)26-37/h1-28H. The molecule has 0 fully saturated rings. The summed E-state index contributed by atoms with van der Waals surface area (Å²) < 4.78 is 0. The second-order valence-electron chi connectivity index (χ2n) is 11.8. The van der Waals surface area contributed by atoms with Crippen LogP contribution in [0.4, 0.5) is 0 Å². The van der Waals surface area contributed by atoms with Gasteiger partial charge >= 0.3 is 0 Å². The van der Waals surface area contributed by atoms with Crippen LogP contribution in [0.5, 0.6) is 0 Å². The SMILES string of the molecule is c1ccc(-c2ccc3ccc4c5cc(-c6ccc(-c7ccc8ccc9ccccc9c8c7)cc6)ccc5ccc4c3c2)cc1. The van der Waals surface area contributed by atoms with Crippen molar-refractivity contribution in [2.24, 2.45) is 0 Å². The molecule has 0 unspecified atom stereocenters. The third-order valence-corrected chi connectivity index (χ3v) is 9.24. The fourth-order valence-corrected chi connectivity index (χ4v) is 6.89. The second kappa shape index (κ2) is 9.93. The third-order valence-electron chi connectivity index (χ3n) is 9.24. The molecule has 0 aromatic heterocycles. The molecule has 0 atom stereocenters. The van der Waals surface area contributed by atoms with Crippen LogP contribution in [0.3, 0.4) is 0 Å². The monoisotopic (exact) mass is 556 g/mol. The first kappa shape index (κ1) is 24.8. The normalized spacial score (nSPS) is 11.6. The highest BCUT2D eigenvalue weighted by molar-refractivity contribution is 6.18. The molecule has 0 N–H and O–H groups in total. The van der Waals surface area contributed by atoms with Crippen LogP contribution in [-0.2, 0) is 0 Å². The topological polar surface area (TPSA) is 0 Å². The summed E-state index contributed by atoms with van der Waals surface area (Å²) >= 11 is 0. The molecule has 0 nitrogen and oxygen atoms in total. The number of benzene rings is 9. The van der Waals surface area contributed by atoms with Crippen LogP contribution in [0.25, 0.3) is 87.2 Å². The van der Waals surface area contributed by atoms with Crippen LogP contribution < -0.4 is 0 Å². The zero-order chi connectivity index (χ0) is 29.0. The van der Waals surface area contributed by atoms with Crippen molar-refractivity contribution < 1.29 is 0 Å². The smallest absolute Gasteiger partial charge is 0.00987 e. The minimum atomic E-state index is 1.23. The van der Waals surface area contributed by atoms with Crippen molar-refractivity contribution in [1.29, 1.82) is 0 Å². The van der Waals surface area contributed by atoms with Crippen molar-refractivity contribution in [3.8, 4) is 33.4 Å². The predicted octanol–water partition coefficient (Wildman–Crippen LogP) is 12.5. The highest BCUT2D eigenvalue weighted by Gasteiger charge is 2.09. The molecule has 0 radical (unpaired) electrons. The van der Waals surface area contributed by atoms with E-state index in [1.165, 1.54) is 87.2 Å². The lowest BCUT2D eigenvalue weighted by atomic mass is 9.92. The van der Waals surface area contributed by atoms with Crippen molar-refractivity contribution >= 4 is 53.9 Å². The van der Waals surface area contributed by atoms with Crippen molar-refractivity contribution in [3.63, 3.8) is 0 Å². The van der Waals surface area contributed by atoms with Crippen molar-refractivity contribution in [3.05, 3.63) is 170 Å². The second-order valence-corrected chi connectivity index (χ2v) is 11.8. The molecule has 0 aliphatic heterocycles. The molecular weight excluding hydrogens is 528 g/mol. The molecule has 0 saturated heterocycles. The lowest BCUT2D eigenvalue weighted by molar-refractivity contribution is 1.62. The van der Waals surface area contributed by atoms with Gasteiger partial charge in [-0.05, 0) is 105 Å². The minimum Gasteiger partial charge on any atom is -0.0622 e. The molecule has 0 heteroatoms. The first-order valence-electron chi connectivity index (χ1n) is 15.3. The van der Waals surface area contributed by atoms with E-state index in [0.717, 1.165) is 0 Å². The van der Waals surface area contributed by atoms with Crippen LogP contribution >= 0.6 is 0 Å². The van der Waals surface area contributed by atoms with E-state index in [1.807, 2.05) is 0 Å². The average Bonchev–Trinajstić information content (AvgIpc) is 3.11. The van der Waals surface area contributed by atoms with Crippen molar-refractivity contribution in [2.75, 3.05) is 0 Å². The van der Waals surface area contributed by atoms with E-state index in [4.69, 9.17) is 0 Å². The molecule has 44 heavy (non-hydrogen) atoms. The Balaban J connectivity index is 1.12. The summed E-state index contributed by atoms with van der Waals surface area (Å²) in [6.07, 6.45) is 0. The van der Waals surface area contributed by atoms with E-state index in [9.17, 15) is 0 Å². The van der Waals surface area contributed by atoms with E-state index >= 15 is 0 Å². The van der Waals surface area contributed by atoms with E-state index in [0.29, 0.717) is 0 Å². The third kappa shape index (κ3) is 4.07. The number of hydrogen-bond donors (Lipinski definition) is 0. The summed E-state index contributed by atoms with van der Waals surface area (Å²) in [4.78, 5) is 0. The minimum absolute atomic E-state index is 1.23. The molecule has 0 spiro atoms. The van der Waals surface area contributed by atoms with Gasteiger partial charge in [0, 0.05) is 0 Å². The van der Waals surface area contributed by atoms with Gasteiger partial charge in [-0.2, -0.15) is 0 Å². The van der Waals surface area contributed by atoms with Gasteiger partial charge in [0.2, 0.25) is 0 Å². The summed E-state index contributed by atoms with van der Waals surface area (Å²) in [5.74, 6) is 0. The molecule has 204 valence electrons. The van der Waals surface area contributed by atoms with Gasteiger partial charge in [-0.3, -0.25) is 0 Å². The van der Waals surface area contributed by atoms with Crippen LogP contribution in [0.1, 0.15) is 0 Å². The maximum atomic E-state index is 2.36. The Morgan fingerprint density at radius 1 is 0.182 bits per heavy atom. The van der Waals surface area contributed by atoms with E-state index < -0.39 is 0 Å². The summed E-state index contributed by atoms with van der Waals surface area (Å²) in [7, 11) is 0. The summed E-state index contributed by atoms with van der Waals surface area (Å²) in [6.45, 7) is 0. The Bertz CT molecular complexity index is 2520. The van der Waals surface area contributed by atoms with Gasteiger partial charge < -0.3 is 0 Å². The van der Waals surface area contributed by atoms with Gasteiger partial charge in [-0.25, -0.2) is 0 Å². The van der Waals surface area contributed by atoms with Crippen molar-refractivity contribution in [2.45, 2.75) is 0 Å². The van der Waals surface area contributed by atoms with Gasteiger partial charge in [-0.1, -0.05) is 152 Å². The van der Waals surface area contributed by atoms with Gasteiger partial charge in [0.1, 0.15) is 0 Å². The number of fused-ring (bicyclic) bond motifs is 8. The summed E-state index contributed by atoms with van der Waals surface area (Å²) in [5.41, 5.74) is 7.43. The Morgan fingerprint density at radius 3 is 1.05 bits per heavy atom. The Morgan fingerprint density at radius 2 is 0.523 bits per heavy atom. The van der Waals surface area contributed by atoms with Gasteiger partial charge in [0.15, 0.2) is 0 Å². The van der Waals surface area contributed by atoms with E-state index in [-0.39, 0.29) is 0 Å². The van der Waals surface area contributed by atoms with Gasteiger partial charge in [0.25, 0.3) is 0 Å². The fourth-order valence-electron chi connectivity index (χ4n) is 6.89. The van der Waals surface area contributed by atoms with Crippen LogP contribution in [-0.4, -0.2) is 0 Å². The quantitative estimate of drug-likeness (QED) is 0.190. The Kier molecular flexibility index (Phi) is 5.61. The van der Waals surface area contributed by atoms with Crippen LogP contribution in [0.15, 0.2) is 170 Å². The molecule has 9 rings (SSSR count). The highest BCUT2D eigenvalue weighted by Crippen LogP contribution is 2.36. The number of hydrogen-bond acceptors (Lipinski definition) is 0. The predicted molar refractivity (Wildman–Crippen MR) is 190 cm³/mol. The van der Waals surface area contributed by atoms with Gasteiger partial charge in [0.05, 0.1) is 0 Å².